The van der Waals surface area contributed by atoms with Crippen molar-refractivity contribution in [3.05, 3.63) is 59.9 Å². The molecular weight excluding hydrogens is 341 g/mol. The average molecular weight is 357 g/mol. The minimum Gasteiger partial charge on any atom is -0.411 e. The zero-order valence-electron chi connectivity index (χ0n) is 13.5. The van der Waals surface area contributed by atoms with Crippen molar-refractivity contribution in [3.8, 4) is 11.5 Å². The van der Waals surface area contributed by atoms with E-state index in [2.05, 4.69) is 22.4 Å². The van der Waals surface area contributed by atoms with Gasteiger partial charge >= 0.3 is 0 Å². The van der Waals surface area contributed by atoms with E-state index in [-0.39, 0.29) is 28.3 Å². The SMILES string of the molecule is CCc1cccc(NC(=O)CSc2nnc(-c3ccccc3F)o2)c1. The zero-order chi connectivity index (χ0) is 17.6. The molecule has 2 aromatic carbocycles. The normalized spacial score (nSPS) is 10.6. The highest BCUT2D eigenvalue weighted by Gasteiger charge is 2.14. The van der Waals surface area contributed by atoms with E-state index in [4.69, 9.17) is 4.42 Å². The summed E-state index contributed by atoms with van der Waals surface area (Å²) in [5, 5.41) is 10.7. The van der Waals surface area contributed by atoms with Gasteiger partial charge in [-0.05, 0) is 36.2 Å². The first-order valence-corrected chi connectivity index (χ1v) is 8.74. The van der Waals surface area contributed by atoms with Crippen molar-refractivity contribution in [2.75, 3.05) is 11.1 Å². The molecular formula is C18H16FN3O2S. The summed E-state index contributed by atoms with van der Waals surface area (Å²) in [6.45, 7) is 2.06. The van der Waals surface area contributed by atoms with Gasteiger partial charge < -0.3 is 9.73 Å². The number of carbonyl (C=O) groups excluding carboxylic acids is 1. The molecule has 1 N–H and O–H groups in total. The maximum Gasteiger partial charge on any atom is 0.277 e. The van der Waals surface area contributed by atoms with Crippen molar-refractivity contribution in [3.63, 3.8) is 0 Å². The molecule has 0 aliphatic rings. The molecule has 0 saturated carbocycles. The van der Waals surface area contributed by atoms with E-state index < -0.39 is 5.82 Å². The van der Waals surface area contributed by atoms with Crippen LogP contribution in [0.1, 0.15) is 12.5 Å². The van der Waals surface area contributed by atoms with Gasteiger partial charge in [0.1, 0.15) is 5.82 Å². The van der Waals surface area contributed by atoms with Gasteiger partial charge in [-0.25, -0.2) is 4.39 Å². The molecule has 0 aliphatic carbocycles. The van der Waals surface area contributed by atoms with E-state index in [0.717, 1.165) is 29.4 Å². The summed E-state index contributed by atoms with van der Waals surface area (Å²) in [6.07, 6.45) is 0.902. The number of hydrogen-bond acceptors (Lipinski definition) is 5. The van der Waals surface area contributed by atoms with E-state index in [0.29, 0.717) is 0 Å². The van der Waals surface area contributed by atoms with Crippen molar-refractivity contribution in [2.24, 2.45) is 0 Å². The Kier molecular flexibility index (Phi) is 5.45. The van der Waals surface area contributed by atoms with Gasteiger partial charge in [0.2, 0.25) is 5.91 Å². The van der Waals surface area contributed by atoms with Crippen molar-refractivity contribution in [2.45, 2.75) is 18.6 Å². The number of hydrogen-bond donors (Lipinski definition) is 1. The fourth-order valence-electron chi connectivity index (χ4n) is 2.20. The molecule has 3 rings (SSSR count). The van der Waals surface area contributed by atoms with Crippen LogP contribution in [0.25, 0.3) is 11.5 Å². The predicted octanol–water partition coefficient (Wildman–Crippen LogP) is 4.17. The van der Waals surface area contributed by atoms with Gasteiger partial charge in [0.05, 0.1) is 11.3 Å². The molecule has 0 aliphatic heterocycles. The predicted molar refractivity (Wildman–Crippen MR) is 94.9 cm³/mol. The number of thioether (sulfide) groups is 1. The number of nitrogens with one attached hydrogen (secondary N) is 1. The number of amides is 1. The minimum absolute atomic E-state index is 0.0941. The number of halogens is 1. The van der Waals surface area contributed by atoms with Crippen molar-refractivity contribution in [1.29, 1.82) is 0 Å². The number of aromatic nitrogens is 2. The van der Waals surface area contributed by atoms with Crippen LogP contribution in [0.3, 0.4) is 0 Å². The third-order valence-corrected chi connectivity index (χ3v) is 4.27. The van der Waals surface area contributed by atoms with Crippen LogP contribution in [-0.2, 0) is 11.2 Å². The summed E-state index contributed by atoms with van der Waals surface area (Å²) in [5.74, 6) is -0.397. The quantitative estimate of drug-likeness (QED) is 0.671. The smallest absolute Gasteiger partial charge is 0.277 e. The standard InChI is InChI=1S/C18H16FN3O2S/c1-2-12-6-5-7-13(10-12)20-16(23)11-25-18-22-21-17(24-18)14-8-3-4-9-15(14)19/h3-10H,2,11H2,1H3,(H,20,23). The number of anilines is 1. The number of nitrogens with zero attached hydrogens (tertiary/aromatic N) is 2. The van der Waals surface area contributed by atoms with Crippen LogP contribution >= 0.6 is 11.8 Å². The van der Waals surface area contributed by atoms with Gasteiger partial charge in [-0.1, -0.05) is 43.0 Å². The van der Waals surface area contributed by atoms with Crippen LogP contribution in [0.2, 0.25) is 0 Å². The third kappa shape index (κ3) is 4.45. The third-order valence-electron chi connectivity index (χ3n) is 3.46. The van der Waals surface area contributed by atoms with Crippen molar-refractivity contribution in [1.82, 2.24) is 10.2 Å². The molecule has 1 aromatic heterocycles. The topological polar surface area (TPSA) is 68.0 Å². The molecule has 1 heterocycles. The van der Waals surface area contributed by atoms with Crippen LogP contribution in [-0.4, -0.2) is 21.9 Å². The monoisotopic (exact) mass is 357 g/mol. The first-order valence-electron chi connectivity index (χ1n) is 7.75. The Balaban J connectivity index is 1.58. The summed E-state index contributed by atoms with van der Waals surface area (Å²) in [7, 11) is 0. The Labute approximate surface area is 148 Å². The van der Waals surface area contributed by atoms with Crippen LogP contribution in [0.15, 0.2) is 58.2 Å². The highest BCUT2D eigenvalue weighted by atomic mass is 32.2. The summed E-state index contributed by atoms with van der Waals surface area (Å²) < 4.78 is 19.1. The average Bonchev–Trinajstić information content (AvgIpc) is 3.09. The Morgan fingerprint density at radius 1 is 1.20 bits per heavy atom. The van der Waals surface area contributed by atoms with Gasteiger partial charge in [0.25, 0.3) is 11.1 Å². The molecule has 1 amide bonds. The highest BCUT2D eigenvalue weighted by Crippen LogP contribution is 2.25. The number of carbonyl (C=O) groups is 1. The largest absolute Gasteiger partial charge is 0.411 e. The van der Waals surface area contributed by atoms with Crippen molar-refractivity contribution >= 4 is 23.4 Å². The second-order valence-corrected chi connectivity index (χ2v) is 6.17. The van der Waals surface area contributed by atoms with Gasteiger partial charge in [-0.15, -0.1) is 10.2 Å². The summed E-state index contributed by atoms with van der Waals surface area (Å²) in [5.41, 5.74) is 2.14. The zero-order valence-corrected chi connectivity index (χ0v) is 14.3. The van der Waals surface area contributed by atoms with E-state index in [1.54, 1.807) is 18.2 Å². The summed E-state index contributed by atoms with van der Waals surface area (Å²) in [6, 6.07) is 13.8. The van der Waals surface area contributed by atoms with E-state index >= 15 is 0 Å². The maximum atomic E-state index is 13.7. The van der Waals surface area contributed by atoms with E-state index in [1.807, 2.05) is 24.3 Å². The Bertz CT molecular complexity index is 882. The molecule has 0 fully saturated rings. The Morgan fingerprint density at radius 2 is 2.04 bits per heavy atom. The highest BCUT2D eigenvalue weighted by molar-refractivity contribution is 7.99. The number of rotatable bonds is 6. The lowest BCUT2D eigenvalue weighted by atomic mass is 10.1. The summed E-state index contributed by atoms with van der Waals surface area (Å²) >= 11 is 1.10. The van der Waals surface area contributed by atoms with E-state index in [1.165, 1.54) is 6.07 Å². The van der Waals surface area contributed by atoms with Gasteiger partial charge in [0, 0.05) is 5.69 Å². The molecule has 0 radical (unpaired) electrons. The Morgan fingerprint density at radius 3 is 2.84 bits per heavy atom. The van der Waals surface area contributed by atoms with Gasteiger partial charge in [0.15, 0.2) is 0 Å². The Hall–Kier alpha value is -2.67. The van der Waals surface area contributed by atoms with Gasteiger partial charge in [-0.3, -0.25) is 4.79 Å². The fourth-order valence-corrected chi connectivity index (χ4v) is 2.77. The minimum atomic E-state index is -0.434. The second-order valence-electron chi connectivity index (χ2n) is 5.24. The fraction of sp³-hybridized carbons (Fsp3) is 0.167. The molecule has 0 bridgehead atoms. The van der Waals surface area contributed by atoms with Crippen LogP contribution in [0.5, 0.6) is 0 Å². The molecule has 0 atom stereocenters. The lowest BCUT2D eigenvalue weighted by Crippen LogP contribution is -2.14. The molecule has 128 valence electrons. The molecule has 25 heavy (non-hydrogen) atoms. The molecule has 3 aromatic rings. The molecule has 0 spiro atoms. The van der Waals surface area contributed by atoms with E-state index in [9.17, 15) is 9.18 Å². The summed E-state index contributed by atoms with van der Waals surface area (Å²) in [4.78, 5) is 12.0. The lowest BCUT2D eigenvalue weighted by Gasteiger charge is -2.05. The maximum absolute atomic E-state index is 13.7. The number of aryl methyl sites for hydroxylation is 1. The van der Waals surface area contributed by atoms with Crippen molar-refractivity contribution < 1.29 is 13.6 Å². The first kappa shape index (κ1) is 17.2. The molecule has 0 saturated heterocycles. The van der Waals surface area contributed by atoms with Gasteiger partial charge in [-0.2, -0.15) is 0 Å². The second kappa shape index (κ2) is 7.94. The molecule has 7 heteroatoms. The number of benzene rings is 2. The van der Waals surface area contributed by atoms with Crippen LogP contribution in [0.4, 0.5) is 10.1 Å². The molecule has 5 nitrogen and oxygen atoms in total. The lowest BCUT2D eigenvalue weighted by molar-refractivity contribution is -0.113. The van der Waals surface area contributed by atoms with Crippen LogP contribution < -0.4 is 5.32 Å². The van der Waals surface area contributed by atoms with Crippen LogP contribution in [0, 0.1) is 5.82 Å². The molecule has 0 unspecified atom stereocenters. The first-order chi connectivity index (χ1) is 12.2.